The second kappa shape index (κ2) is 5.27. The minimum absolute atomic E-state index is 0.131. The fourth-order valence-electron chi connectivity index (χ4n) is 3.33. The minimum Gasteiger partial charge on any atom is -0.354 e. The quantitative estimate of drug-likeness (QED) is 0.891. The maximum atomic E-state index is 13.9. The number of benzene rings is 1. The lowest BCUT2D eigenvalue weighted by molar-refractivity contribution is -0.131. The minimum atomic E-state index is -4.28. The molecule has 1 aromatic carbocycles. The Kier molecular flexibility index (Phi) is 3.68. The number of sulfonamides is 1. The second-order valence-corrected chi connectivity index (χ2v) is 7.48. The molecule has 22 heavy (non-hydrogen) atoms. The SMILES string of the molecule is O=C1NCCCC12CCCN2S(=O)(=O)c1cc(F)ccc1F. The zero-order chi connectivity index (χ0) is 16.0. The molecule has 1 amide bonds. The number of nitrogens with zero attached hydrogens (tertiary/aromatic N) is 1. The summed E-state index contributed by atoms with van der Waals surface area (Å²) in [6, 6.07) is 2.31. The van der Waals surface area contributed by atoms with Crippen LogP contribution in [0.4, 0.5) is 8.78 Å². The molecule has 0 radical (unpaired) electrons. The Morgan fingerprint density at radius 2 is 1.91 bits per heavy atom. The first-order valence-corrected chi connectivity index (χ1v) is 8.58. The molecule has 1 atom stereocenters. The number of carbonyl (C=O) groups excluding carboxylic acids is 1. The van der Waals surface area contributed by atoms with E-state index in [-0.39, 0.29) is 12.5 Å². The molecule has 120 valence electrons. The highest BCUT2D eigenvalue weighted by molar-refractivity contribution is 7.89. The Balaban J connectivity index is 2.08. The molecule has 3 rings (SSSR count). The predicted molar refractivity (Wildman–Crippen MR) is 74.5 cm³/mol. The fraction of sp³-hybridized carbons (Fsp3) is 0.500. The summed E-state index contributed by atoms with van der Waals surface area (Å²) in [6.45, 7) is 0.633. The van der Waals surface area contributed by atoms with Gasteiger partial charge in [0, 0.05) is 13.1 Å². The van der Waals surface area contributed by atoms with Crippen molar-refractivity contribution < 1.29 is 22.0 Å². The molecule has 0 aliphatic carbocycles. The van der Waals surface area contributed by atoms with Gasteiger partial charge in [0.25, 0.3) is 0 Å². The van der Waals surface area contributed by atoms with Gasteiger partial charge in [0.15, 0.2) is 0 Å². The Hall–Kier alpha value is -1.54. The molecule has 0 saturated carbocycles. The van der Waals surface area contributed by atoms with Crippen LogP contribution in [0.25, 0.3) is 0 Å². The molecule has 1 N–H and O–H groups in total. The van der Waals surface area contributed by atoms with E-state index >= 15 is 0 Å². The van der Waals surface area contributed by atoms with Crippen molar-refractivity contribution in [1.82, 2.24) is 9.62 Å². The molecule has 2 fully saturated rings. The van der Waals surface area contributed by atoms with Crippen molar-refractivity contribution in [2.24, 2.45) is 0 Å². The van der Waals surface area contributed by atoms with Gasteiger partial charge in [-0.3, -0.25) is 4.79 Å². The van der Waals surface area contributed by atoms with Gasteiger partial charge in [0.05, 0.1) is 0 Å². The average Bonchev–Trinajstić information content (AvgIpc) is 2.90. The van der Waals surface area contributed by atoms with E-state index in [4.69, 9.17) is 0 Å². The van der Waals surface area contributed by atoms with Crippen molar-refractivity contribution >= 4 is 15.9 Å². The largest absolute Gasteiger partial charge is 0.354 e. The van der Waals surface area contributed by atoms with Gasteiger partial charge < -0.3 is 5.32 Å². The summed E-state index contributed by atoms with van der Waals surface area (Å²) >= 11 is 0. The van der Waals surface area contributed by atoms with Gasteiger partial charge in [0.2, 0.25) is 15.9 Å². The molecule has 1 unspecified atom stereocenters. The normalized spacial score (nSPS) is 26.4. The highest BCUT2D eigenvalue weighted by Crippen LogP contribution is 2.40. The van der Waals surface area contributed by atoms with Crippen LogP contribution in [0.5, 0.6) is 0 Å². The molecule has 8 heteroatoms. The van der Waals surface area contributed by atoms with Crippen molar-refractivity contribution in [2.75, 3.05) is 13.1 Å². The van der Waals surface area contributed by atoms with Crippen LogP contribution >= 0.6 is 0 Å². The third kappa shape index (κ3) is 2.21. The molecular weight excluding hydrogens is 314 g/mol. The molecule has 2 aliphatic rings. The molecule has 5 nitrogen and oxygen atoms in total. The van der Waals surface area contributed by atoms with Gasteiger partial charge >= 0.3 is 0 Å². The fourth-order valence-corrected chi connectivity index (χ4v) is 5.24. The molecule has 0 bridgehead atoms. The van der Waals surface area contributed by atoms with Crippen LogP contribution in [0.1, 0.15) is 25.7 Å². The van der Waals surface area contributed by atoms with Crippen LogP contribution in [0.15, 0.2) is 23.1 Å². The molecule has 1 aromatic rings. The van der Waals surface area contributed by atoms with Gasteiger partial charge in [-0.05, 0) is 43.9 Å². The van der Waals surface area contributed by atoms with Crippen molar-refractivity contribution in [3.05, 3.63) is 29.8 Å². The van der Waals surface area contributed by atoms with Gasteiger partial charge in [-0.15, -0.1) is 0 Å². The molecule has 0 aromatic heterocycles. The van der Waals surface area contributed by atoms with Crippen molar-refractivity contribution in [3.63, 3.8) is 0 Å². The van der Waals surface area contributed by atoms with Crippen LogP contribution in [0, 0.1) is 11.6 Å². The Morgan fingerprint density at radius 3 is 2.64 bits per heavy atom. The zero-order valence-corrected chi connectivity index (χ0v) is 12.6. The lowest BCUT2D eigenvalue weighted by Gasteiger charge is -2.39. The van der Waals surface area contributed by atoms with Gasteiger partial charge in [0.1, 0.15) is 22.1 Å². The first kappa shape index (κ1) is 15.4. The average molecular weight is 330 g/mol. The van der Waals surface area contributed by atoms with Gasteiger partial charge in [-0.2, -0.15) is 4.31 Å². The van der Waals surface area contributed by atoms with Crippen LogP contribution < -0.4 is 5.32 Å². The van der Waals surface area contributed by atoms with Crippen LogP contribution in [0.2, 0.25) is 0 Å². The Labute approximate surface area is 127 Å². The smallest absolute Gasteiger partial charge is 0.247 e. The van der Waals surface area contributed by atoms with Gasteiger partial charge in [-0.25, -0.2) is 17.2 Å². The predicted octanol–water partition coefficient (Wildman–Crippen LogP) is 1.40. The number of hydrogen-bond acceptors (Lipinski definition) is 3. The first-order chi connectivity index (χ1) is 10.4. The van der Waals surface area contributed by atoms with E-state index in [2.05, 4.69) is 5.32 Å². The van der Waals surface area contributed by atoms with Crippen molar-refractivity contribution in [2.45, 2.75) is 36.1 Å². The summed E-state index contributed by atoms with van der Waals surface area (Å²) in [4.78, 5) is 11.6. The van der Waals surface area contributed by atoms with Crippen LogP contribution in [-0.2, 0) is 14.8 Å². The number of nitrogens with one attached hydrogen (secondary N) is 1. The molecular formula is C14H16F2N2O3S. The van der Waals surface area contributed by atoms with E-state index in [1.54, 1.807) is 0 Å². The topological polar surface area (TPSA) is 66.5 Å². The Bertz CT molecular complexity index is 723. The van der Waals surface area contributed by atoms with E-state index in [1.165, 1.54) is 0 Å². The van der Waals surface area contributed by atoms with E-state index in [0.717, 1.165) is 16.4 Å². The number of hydrogen-bond donors (Lipinski definition) is 1. The maximum absolute atomic E-state index is 13.9. The number of piperidine rings is 1. The zero-order valence-electron chi connectivity index (χ0n) is 11.8. The number of halogens is 2. The number of carbonyl (C=O) groups is 1. The third-order valence-electron chi connectivity index (χ3n) is 4.37. The number of amides is 1. The molecule has 2 heterocycles. The third-order valence-corrected chi connectivity index (χ3v) is 6.35. The molecule has 2 saturated heterocycles. The standard InChI is InChI=1S/C14H16F2N2O3S/c15-10-3-4-11(16)12(9-10)22(20,21)18-8-2-6-14(18)5-1-7-17-13(14)19/h3-4,9H,1-2,5-8H2,(H,17,19). The van der Waals surface area contributed by atoms with Crippen molar-refractivity contribution in [1.29, 1.82) is 0 Å². The van der Waals surface area contributed by atoms with Crippen molar-refractivity contribution in [3.8, 4) is 0 Å². The highest BCUT2D eigenvalue weighted by atomic mass is 32.2. The molecule has 2 aliphatic heterocycles. The lowest BCUT2D eigenvalue weighted by atomic mass is 9.88. The van der Waals surface area contributed by atoms with Gasteiger partial charge in [-0.1, -0.05) is 0 Å². The summed E-state index contributed by atoms with van der Waals surface area (Å²) in [5.74, 6) is -2.20. The second-order valence-electron chi connectivity index (χ2n) is 5.65. The van der Waals surface area contributed by atoms with Crippen LogP contribution in [0.3, 0.4) is 0 Å². The summed E-state index contributed by atoms with van der Waals surface area (Å²) in [7, 11) is -4.28. The van der Waals surface area contributed by atoms with E-state index in [0.29, 0.717) is 38.3 Å². The highest BCUT2D eigenvalue weighted by Gasteiger charge is 2.53. The summed E-state index contributed by atoms with van der Waals surface area (Å²) in [5, 5.41) is 2.68. The maximum Gasteiger partial charge on any atom is 0.247 e. The van der Waals surface area contributed by atoms with E-state index in [9.17, 15) is 22.0 Å². The first-order valence-electron chi connectivity index (χ1n) is 7.14. The lowest BCUT2D eigenvalue weighted by Crippen LogP contribution is -2.60. The summed E-state index contributed by atoms with van der Waals surface area (Å²) in [6.07, 6.45) is 1.97. The summed E-state index contributed by atoms with van der Waals surface area (Å²) < 4.78 is 53.8. The summed E-state index contributed by atoms with van der Waals surface area (Å²) in [5.41, 5.74) is -1.17. The molecule has 1 spiro atoms. The number of rotatable bonds is 2. The Morgan fingerprint density at radius 1 is 1.18 bits per heavy atom. The van der Waals surface area contributed by atoms with E-state index in [1.807, 2.05) is 0 Å². The van der Waals surface area contributed by atoms with E-state index < -0.39 is 32.1 Å². The monoisotopic (exact) mass is 330 g/mol. The van der Waals surface area contributed by atoms with Crippen LogP contribution in [-0.4, -0.2) is 37.3 Å².